The lowest BCUT2D eigenvalue weighted by Crippen LogP contribution is -1.87. The van der Waals surface area contributed by atoms with Gasteiger partial charge in [-0.1, -0.05) is 11.6 Å². The number of benzene rings is 2. The first-order valence-corrected chi connectivity index (χ1v) is 5.41. The van der Waals surface area contributed by atoms with Gasteiger partial charge in [0.1, 0.15) is 11.5 Å². The highest BCUT2D eigenvalue weighted by molar-refractivity contribution is 6.30. The van der Waals surface area contributed by atoms with Crippen LogP contribution in [0.3, 0.4) is 0 Å². The quantitative estimate of drug-likeness (QED) is 0.649. The fourth-order valence-electron chi connectivity index (χ4n) is 1.33. The highest BCUT2D eigenvalue weighted by Crippen LogP contribution is 2.24. The summed E-state index contributed by atoms with van der Waals surface area (Å²) in [7, 11) is 0. The van der Waals surface area contributed by atoms with Crippen molar-refractivity contribution in [1.82, 2.24) is 0 Å². The van der Waals surface area contributed by atoms with Crippen LogP contribution in [0.1, 0.15) is 0 Å². The SMILES string of the molecule is C=NNc1ccc(Oc2ccc(Cl)cc2)cc1. The summed E-state index contributed by atoms with van der Waals surface area (Å²) >= 11 is 5.79. The van der Waals surface area contributed by atoms with Crippen LogP contribution in [0.5, 0.6) is 11.5 Å². The van der Waals surface area contributed by atoms with Crippen molar-refractivity contribution in [2.75, 3.05) is 5.43 Å². The summed E-state index contributed by atoms with van der Waals surface area (Å²) in [5, 5.41) is 4.26. The molecule has 0 radical (unpaired) electrons. The van der Waals surface area contributed by atoms with Crippen molar-refractivity contribution in [3.05, 3.63) is 53.6 Å². The maximum atomic E-state index is 5.79. The minimum absolute atomic E-state index is 0.689. The number of hydrogen-bond donors (Lipinski definition) is 1. The summed E-state index contributed by atoms with van der Waals surface area (Å²) in [5.41, 5.74) is 3.61. The second kappa shape index (κ2) is 5.37. The number of nitrogens with zero attached hydrogens (tertiary/aromatic N) is 1. The topological polar surface area (TPSA) is 33.6 Å². The molecule has 4 heteroatoms. The van der Waals surface area contributed by atoms with Crippen LogP contribution in [0, 0.1) is 0 Å². The minimum Gasteiger partial charge on any atom is -0.457 e. The lowest BCUT2D eigenvalue weighted by Gasteiger charge is -2.06. The molecule has 0 fully saturated rings. The number of hydrazone groups is 1. The van der Waals surface area contributed by atoms with Crippen LogP contribution in [0.15, 0.2) is 53.6 Å². The van der Waals surface area contributed by atoms with Gasteiger partial charge in [-0.25, -0.2) is 0 Å². The van der Waals surface area contributed by atoms with Gasteiger partial charge in [0.05, 0.1) is 5.69 Å². The molecule has 0 unspecified atom stereocenters. The van der Waals surface area contributed by atoms with Crippen LogP contribution in [-0.2, 0) is 0 Å². The Bertz CT molecular complexity index is 494. The monoisotopic (exact) mass is 246 g/mol. The van der Waals surface area contributed by atoms with Crippen molar-refractivity contribution in [3.63, 3.8) is 0 Å². The lowest BCUT2D eigenvalue weighted by molar-refractivity contribution is 0.483. The number of anilines is 1. The molecular weight excluding hydrogens is 236 g/mol. The number of nitrogens with one attached hydrogen (secondary N) is 1. The molecule has 1 N–H and O–H groups in total. The highest BCUT2D eigenvalue weighted by atomic mass is 35.5. The van der Waals surface area contributed by atoms with Gasteiger partial charge in [-0.05, 0) is 48.5 Å². The summed E-state index contributed by atoms with van der Waals surface area (Å²) < 4.78 is 5.63. The zero-order valence-corrected chi connectivity index (χ0v) is 9.82. The summed E-state index contributed by atoms with van der Waals surface area (Å²) in [6.45, 7) is 3.35. The van der Waals surface area contributed by atoms with Crippen molar-refractivity contribution in [2.45, 2.75) is 0 Å². The predicted molar refractivity (Wildman–Crippen MR) is 71.1 cm³/mol. The van der Waals surface area contributed by atoms with Gasteiger partial charge in [0.2, 0.25) is 0 Å². The molecule has 2 rings (SSSR count). The van der Waals surface area contributed by atoms with E-state index in [0.717, 1.165) is 17.2 Å². The van der Waals surface area contributed by atoms with E-state index in [9.17, 15) is 0 Å². The summed E-state index contributed by atoms with van der Waals surface area (Å²) in [5.74, 6) is 1.50. The number of halogens is 1. The molecule has 0 aliphatic heterocycles. The fourth-order valence-corrected chi connectivity index (χ4v) is 1.45. The standard InChI is InChI=1S/C13H11ClN2O/c1-15-16-11-4-8-13(9-5-11)17-12-6-2-10(14)3-7-12/h2-9,16H,1H2. The van der Waals surface area contributed by atoms with E-state index in [4.69, 9.17) is 16.3 Å². The fraction of sp³-hybridized carbons (Fsp3) is 0. The van der Waals surface area contributed by atoms with Gasteiger partial charge in [-0.15, -0.1) is 0 Å². The van der Waals surface area contributed by atoms with Crippen molar-refractivity contribution in [3.8, 4) is 11.5 Å². The van der Waals surface area contributed by atoms with Crippen LogP contribution < -0.4 is 10.2 Å². The molecule has 0 bridgehead atoms. The molecule has 0 atom stereocenters. The van der Waals surface area contributed by atoms with Crippen molar-refractivity contribution in [1.29, 1.82) is 0 Å². The van der Waals surface area contributed by atoms with Crippen LogP contribution in [0.4, 0.5) is 5.69 Å². The Morgan fingerprint density at radius 1 is 0.941 bits per heavy atom. The van der Waals surface area contributed by atoms with E-state index in [0.29, 0.717) is 5.02 Å². The zero-order chi connectivity index (χ0) is 12.1. The predicted octanol–water partition coefficient (Wildman–Crippen LogP) is 4.16. The first-order valence-electron chi connectivity index (χ1n) is 5.03. The summed E-state index contributed by atoms with van der Waals surface area (Å²) in [6, 6.07) is 14.6. The maximum absolute atomic E-state index is 5.79. The smallest absolute Gasteiger partial charge is 0.127 e. The maximum Gasteiger partial charge on any atom is 0.127 e. The minimum atomic E-state index is 0.689. The second-order valence-electron chi connectivity index (χ2n) is 3.35. The first kappa shape index (κ1) is 11.5. The summed E-state index contributed by atoms with van der Waals surface area (Å²) in [6.07, 6.45) is 0. The van der Waals surface area contributed by atoms with Crippen LogP contribution in [-0.4, -0.2) is 6.72 Å². The Balaban J connectivity index is 2.08. The van der Waals surface area contributed by atoms with E-state index >= 15 is 0 Å². The zero-order valence-electron chi connectivity index (χ0n) is 9.06. The molecule has 0 aromatic heterocycles. The Kier molecular flexibility index (Phi) is 3.62. The lowest BCUT2D eigenvalue weighted by atomic mass is 10.3. The Morgan fingerprint density at radius 2 is 1.47 bits per heavy atom. The second-order valence-corrected chi connectivity index (χ2v) is 3.79. The third-order valence-electron chi connectivity index (χ3n) is 2.11. The first-order chi connectivity index (χ1) is 8.28. The number of hydrogen-bond acceptors (Lipinski definition) is 3. The van der Waals surface area contributed by atoms with E-state index in [-0.39, 0.29) is 0 Å². The summed E-state index contributed by atoms with van der Waals surface area (Å²) in [4.78, 5) is 0. The van der Waals surface area contributed by atoms with Crippen molar-refractivity contribution in [2.24, 2.45) is 5.10 Å². The molecule has 0 saturated carbocycles. The van der Waals surface area contributed by atoms with Crippen LogP contribution in [0.2, 0.25) is 5.02 Å². The van der Waals surface area contributed by atoms with Crippen LogP contribution >= 0.6 is 11.6 Å². The highest BCUT2D eigenvalue weighted by Gasteiger charge is 1.97. The molecule has 2 aromatic rings. The Morgan fingerprint density at radius 3 is 2.00 bits per heavy atom. The van der Waals surface area contributed by atoms with E-state index in [1.165, 1.54) is 0 Å². The van der Waals surface area contributed by atoms with Gasteiger partial charge in [0, 0.05) is 11.7 Å². The molecule has 0 spiro atoms. The average Bonchev–Trinajstić information content (AvgIpc) is 2.35. The van der Waals surface area contributed by atoms with Gasteiger partial charge in [0.15, 0.2) is 0 Å². The normalized spacial score (nSPS) is 9.71. The molecule has 0 aliphatic rings. The Hall–Kier alpha value is -2.00. The molecule has 3 nitrogen and oxygen atoms in total. The molecular formula is C13H11ClN2O. The van der Waals surface area contributed by atoms with Gasteiger partial charge in [-0.2, -0.15) is 5.10 Å². The van der Waals surface area contributed by atoms with Gasteiger partial charge >= 0.3 is 0 Å². The van der Waals surface area contributed by atoms with Crippen molar-refractivity contribution < 1.29 is 4.74 Å². The molecule has 86 valence electrons. The van der Waals surface area contributed by atoms with Gasteiger partial charge < -0.3 is 4.74 Å². The van der Waals surface area contributed by atoms with E-state index < -0.39 is 0 Å². The number of rotatable bonds is 4. The number of ether oxygens (including phenoxy) is 1. The largest absolute Gasteiger partial charge is 0.457 e. The molecule has 0 aliphatic carbocycles. The third kappa shape index (κ3) is 3.23. The third-order valence-corrected chi connectivity index (χ3v) is 2.36. The van der Waals surface area contributed by atoms with E-state index in [1.807, 2.05) is 36.4 Å². The van der Waals surface area contributed by atoms with Gasteiger partial charge in [-0.3, -0.25) is 5.43 Å². The molecule has 0 amide bonds. The van der Waals surface area contributed by atoms with Gasteiger partial charge in [0.25, 0.3) is 0 Å². The molecule has 0 heterocycles. The molecule has 17 heavy (non-hydrogen) atoms. The van der Waals surface area contributed by atoms with E-state index in [1.54, 1.807) is 12.1 Å². The molecule has 2 aromatic carbocycles. The van der Waals surface area contributed by atoms with Crippen molar-refractivity contribution >= 4 is 24.0 Å². The van der Waals surface area contributed by atoms with Crippen LogP contribution in [0.25, 0.3) is 0 Å². The average molecular weight is 247 g/mol. The molecule has 0 saturated heterocycles. The Labute approximate surface area is 105 Å². The van der Waals surface area contributed by atoms with E-state index in [2.05, 4.69) is 17.2 Å².